The minimum absolute atomic E-state index is 0.133. The number of ether oxygens (including phenoxy) is 1. The van der Waals surface area contributed by atoms with E-state index in [2.05, 4.69) is 9.69 Å². The van der Waals surface area contributed by atoms with Gasteiger partial charge in [0.25, 0.3) is 0 Å². The maximum atomic E-state index is 12.0. The van der Waals surface area contributed by atoms with E-state index in [1.165, 1.54) is 0 Å². The number of nitrogens with one attached hydrogen (secondary N) is 1. The lowest BCUT2D eigenvalue weighted by atomic mass is 10.1. The molecule has 1 aromatic heterocycles. The van der Waals surface area contributed by atoms with Crippen LogP contribution in [0.3, 0.4) is 0 Å². The Morgan fingerprint density at radius 2 is 2.17 bits per heavy atom. The van der Waals surface area contributed by atoms with Crippen LogP contribution >= 0.6 is 11.5 Å². The fourth-order valence-corrected chi connectivity index (χ4v) is 1.91. The van der Waals surface area contributed by atoms with Crippen LogP contribution in [0.15, 0.2) is 12.3 Å². The number of aromatic nitrogens is 1. The number of hydrogen-bond donors (Lipinski definition) is 1. The summed E-state index contributed by atoms with van der Waals surface area (Å²) in [6, 6.07) is 1.08. The lowest BCUT2D eigenvalue weighted by molar-refractivity contribution is 0.0490. The van der Waals surface area contributed by atoms with Crippen molar-refractivity contribution >= 4 is 23.4 Å². The zero-order valence-corrected chi connectivity index (χ0v) is 11.8. The fraction of sp³-hybridized carbons (Fsp3) is 0.583. The second-order valence-electron chi connectivity index (χ2n) is 4.85. The number of hydrogen-bond acceptors (Lipinski definition) is 5. The van der Waals surface area contributed by atoms with Crippen molar-refractivity contribution < 1.29 is 14.3 Å². The smallest absolute Gasteiger partial charge is 0.408 e. The summed E-state index contributed by atoms with van der Waals surface area (Å²) in [7, 11) is 0. The van der Waals surface area contributed by atoms with Gasteiger partial charge in [-0.25, -0.2) is 9.17 Å². The van der Waals surface area contributed by atoms with E-state index in [1.807, 2.05) is 6.92 Å². The van der Waals surface area contributed by atoms with Gasteiger partial charge in [0.2, 0.25) is 0 Å². The van der Waals surface area contributed by atoms with Gasteiger partial charge in [-0.2, -0.15) is 0 Å². The number of ketones is 1. The second kappa shape index (κ2) is 5.95. The molecule has 0 aliphatic carbocycles. The predicted octanol–water partition coefficient (Wildman–Crippen LogP) is 2.63. The maximum absolute atomic E-state index is 12.0. The summed E-state index contributed by atoms with van der Waals surface area (Å²) in [5.41, 5.74) is -0.574. The SMILES string of the molecule is CCC(NC(=O)OC(C)(C)C)C(=O)c1ccns1. The fourth-order valence-electron chi connectivity index (χ4n) is 1.32. The van der Waals surface area contributed by atoms with Gasteiger partial charge in [0, 0.05) is 6.20 Å². The van der Waals surface area contributed by atoms with Gasteiger partial charge >= 0.3 is 6.09 Å². The second-order valence-corrected chi connectivity index (χ2v) is 5.68. The van der Waals surface area contributed by atoms with E-state index in [1.54, 1.807) is 33.0 Å². The van der Waals surface area contributed by atoms with Crippen LogP contribution < -0.4 is 5.32 Å². The van der Waals surface area contributed by atoms with Crippen molar-refractivity contribution in [2.75, 3.05) is 0 Å². The Balaban J connectivity index is 2.63. The molecule has 0 fully saturated rings. The third kappa shape index (κ3) is 4.44. The third-order valence-electron chi connectivity index (χ3n) is 2.10. The molecular weight excluding hydrogens is 252 g/mol. The van der Waals surface area contributed by atoms with Crippen molar-refractivity contribution in [1.82, 2.24) is 9.69 Å². The van der Waals surface area contributed by atoms with Crippen LogP contribution in [0.2, 0.25) is 0 Å². The number of amides is 1. The highest BCUT2D eigenvalue weighted by Gasteiger charge is 2.24. The molecule has 1 atom stereocenters. The topological polar surface area (TPSA) is 68.3 Å². The first-order chi connectivity index (χ1) is 8.33. The molecule has 1 unspecified atom stereocenters. The van der Waals surface area contributed by atoms with Crippen LogP contribution in [0.25, 0.3) is 0 Å². The zero-order chi connectivity index (χ0) is 13.8. The van der Waals surface area contributed by atoms with Gasteiger partial charge in [0.1, 0.15) is 5.60 Å². The van der Waals surface area contributed by atoms with E-state index < -0.39 is 17.7 Å². The molecule has 0 saturated heterocycles. The summed E-state index contributed by atoms with van der Waals surface area (Å²) in [4.78, 5) is 24.2. The van der Waals surface area contributed by atoms with Crippen molar-refractivity contribution in [3.05, 3.63) is 17.1 Å². The minimum Gasteiger partial charge on any atom is -0.444 e. The van der Waals surface area contributed by atoms with Crippen LogP contribution in [-0.4, -0.2) is 27.9 Å². The maximum Gasteiger partial charge on any atom is 0.408 e. The normalized spacial score (nSPS) is 12.9. The summed E-state index contributed by atoms with van der Waals surface area (Å²) in [5.74, 6) is -0.133. The molecule has 0 aliphatic heterocycles. The highest BCUT2D eigenvalue weighted by Crippen LogP contribution is 2.12. The summed E-state index contributed by atoms with van der Waals surface area (Å²) in [6.07, 6.45) is 1.50. The van der Waals surface area contributed by atoms with Crippen molar-refractivity contribution in [2.24, 2.45) is 0 Å². The molecule has 1 heterocycles. The molecule has 0 spiro atoms. The molecule has 1 N–H and O–H groups in total. The minimum atomic E-state index is -0.577. The molecule has 0 aromatic carbocycles. The first-order valence-electron chi connectivity index (χ1n) is 5.78. The first kappa shape index (κ1) is 14.6. The van der Waals surface area contributed by atoms with Crippen LogP contribution in [-0.2, 0) is 4.74 Å². The molecule has 6 heteroatoms. The largest absolute Gasteiger partial charge is 0.444 e. The van der Waals surface area contributed by atoms with Gasteiger partial charge in [-0.15, -0.1) is 0 Å². The Morgan fingerprint density at radius 3 is 2.61 bits per heavy atom. The summed E-state index contributed by atoms with van der Waals surface area (Å²) in [6.45, 7) is 7.16. The van der Waals surface area contributed by atoms with E-state index in [0.29, 0.717) is 11.3 Å². The van der Waals surface area contributed by atoms with Gasteiger partial charge < -0.3 is 10.1 Å². The van der Waals surface area contributed by atoms with Crippen LogP contribution in [0, 0.1) is 0 Å². The monoisotopic (exact) mass is 270 g/mol. The third-order valence-corrected chi connectivity index (χ3v) is 2.86. The molecule has 0 bridgehead atoms. The number of carbonyl (C=O) groups is 2. The molecule has 100 valence electrons. The predicted molar refractivity (Wildman–Crippen MR) is 69.9 cm³/mol. The van der Waals surface area contributed by atoms with E-state index in [-0.39, 0.29) is 5.78 Å². The zero-order valence-electron chi connectivity index (χ0n) is 11.0. The van der Waals surface area contributed by atoms with Crippen molar-refractivity contribution in [2.45, 2.75) is 45.8 Å². The molecule has 0 aliphatic rings. The average Bonchev–Trinajstić information content (AvgIpc) is 2.75. The summed E-state index contributed by atoms with van der Waals surface area (Å²) < 4.78 is 9.00. The number of carbonyl (C=O) groups excluding carboxylic acids is 2. The van der Waals surface area contributed by atoms with Crippen molar-refractivity contribution in [3.8, 4) is 0 Å². The molecule has 1 amide bonds. The average molecular weight is 270 g/mol. The molecule has 0 saturated carbocycles. The Morgan fingerprint density at radius 1 is 1.50 bits per heavy atom. The van der Waals surface area contributed by atoms with Gasteiger partial charge in [0.15, 0.2) is 5.78 Å². The van der Waals surface area contributed by atoms with E-state index in [4.69, 9.17) is 4.74 Å². The molecule has 5 nitrogen and oxygen atoms in total. The summed E-state index contributed by atoms with van der Waals surface area (Å²) in [5, 5.41) is 2.58. The Hall–Kier alpha value is -1.43. The van der Waals surface area contributed by atoms with Gasteiger partial charge in [-0.05, 0) is 44.8 Å². The van der Waals surface area contributed by atoms with Crippen molar-refractivity contribution in [1.29, 1.82) is 0 Å². The number of rotatable bonds is 4. The quantitative estimate of drug-likeness (QED) is 0.854. The number of nitrogens with zero attached hydrogens (tertiary/aromatic N) is 1. The highest BCUT2D eigenvalue weighted by molar-refractivity contribution is 7.08. The van der Waals surface area contributed by atoms with E-state index in [9.17, 15) is 9.59 Å². The van der Waals surface area contributed by atoms with Crippen molar-refractivity contribution in [3.63, 3.8) is 0 Å². The van der Waals surface area contributed by atoms with Crippen LogP contribution in [0.4, 0.5) is 4.79 Å². The Bertz CT molecular complexity index is 409. The number of alkyl carbamates (subject to hydrolysis) is 1. The van der Waals surface area contributed by atoms with Gasteiger partial charge in [0.05, 0.1) is 10.9 Å². The van der Waals surface area contributed by atoms with Gasteiger partial charge in [-0.3, -0.25) is 4.79 Å². The van der Waals surface area contributed by atoms with E-state index in [0.717, 1.165) is 11.5 Å². The molecule has 18 heavy (non-hydrogen) atoms. The molecule has 1 rings (SSSR count). The first-order valence-corrected chi connectivity index (χ1v) is 6.55. The van der Waals surface area contributed by atoms with Crippen LogP contribution in [0.5, 0.6) is 0 Å². The number of Topliss-reactive ketones (excluding diaryl/α,β-unsaturated/α-hetero) is 1. The van der Waals surface area contributed by atoms with E-state index >= 15 is 0 Å². The summed E-state index contributed by atoms with van der Waals surface area (Å²) >= 11 is 1.12. The molecule has 0 radical (unpaired) electrons. The van der Waals surface area contributed by atoms with Gasteiger partial charge in [-0.1, -0.05) is 6.92 Å². The lowest BCUT2D eigenvalue weighted by Crippen LogP contribution is -2.42. The molecule has 1 aromatic rings. The Kier molecular flexibility index (Phi) is 4.84. The van der Waals surface area contributed by atoms with Crippen LogP contribution in [0.1, 0.15) is 43.8 Å². The lowest BCUT2D eigenvalue weighted by Gasteiger charge is -2.22. The standard InChI is InChI=1S/C12H18N2O3S/c1-5-8(10(15)9-6-7-13-18-9)14-11(16)17-12(2,3)4/h6-8H,5H2,1-4H3,(H,14,16). The Labute approximate surface area is 111 Å². The molecular formula is C12H18N2O3S. The highest BCUT2D eigenvalue weighted by atomic mass is 32.1.